The second kappa shape index (κ2) is 8.27. The number of rotatable bonds is 6. The van der Waals surface area contributed by atoms with E-state index in [2.05, 4.69) is 0 Å². The smallest absolute Gasteiger partial charge is 0.339 e. The molecule has 1 aromatic carbocycles. The minimum Gasteiger partial charge on any atom is -0.462 e. The van der Waals surface area contributed by atoms with Crippen LogP contribution in [0.4, 0.5) is 5.69 Å². The van der Waals surface area contributed by atoms with Gasteiger partial charge in [0.15, 0.2) is 5.60 Å². The first-order valence-electron chi connectivity index (χ1n) is 10.2. The number of nitrogens with zero attached hydrogens (tertiary/aromatic N) is 1. The van der Waals surface area contributed by atoms with Crippen molar-refractivity contribution in [1.82, 2.24) is 0 Å². The predicted molar refractivity (Wildman–Crippen MR) is 111 cm³/mol. The maximum atomic E-state index is 13.5. The highest BCUT2D eigenvalue weighted by Crippen LogP contribution is 2.54. The molecule has 0 aromatic heterocycles. The summed E-state index contributed by atoms with van der Waals surface area (Å²) in [6, 6.07) is 4.12. The molecule has 1 aromatic rings. The summed E-state index contributed by atoms with van der Waals surface area (Å²) in [7, 11) is 0. The van der Waals surface area contributed by atoms with Gasteiger partial charge < -0.3 is 18.9 Å². The molecule has 10 nitrogen and oxygen atoms in total. The number of esters is 3. The Balaban J connectivity index is 1.73. The lowest BCUT2D eigenvalue weighted by molar-refractivity contribution is -0.226. The van der Waals surface area contributed by atoms with Crippen LogP contribution in [0.3, 0.4) is 0 Å². The Morgan fingerprint density at radius 2 is 1.82 bits per heavy atom. The molecule has 2 amide bonds. The Morgan fingerprint density at radius 1 is 1.15 bits per heavy atom. The molecule has 0 aliphatic carbocycles. The van der Waals surface area contributed by atoms with Crippen LogP contribution in [0, 0.1) is 11.8 Å². The SMILES string of the molecule is CCOC(=O)c1cc(N2C(=O)[C@@H]3[C@@H]4C=C[C@](C(OC(C)=O)OC(C)=O)(O4)[C@@H]3C2=O)ccc1Cl. The third-order valence-electron chi connectivity index (χ3n) is 5.70. The van der Waals surface area contributed by atoms with Gasteiger partial charge in [0.25, 0.3) is 6.29 Å². The number of imide groups is 1. The topological polar surface area (TPSA) is 126 Å². The van der Waals surface area contributed by atoms with Crippen molar-refractivity contribution < 1.29 is 42.9 Å². The van der Waals surface area contributed by atoms with Crippen molar-refractivity contribution in [1.29, 1.82) is 0 Å². The van der Waals surface area contributed by atoms with Crippen molar-refractivity contribution in [2.75, 3.05) is 11.5 Å². The number of carbonyl (C=O) groups excluding carboxylic acids is 5. The fourth-order valence-electron chi connectivity index (χ4n) is 4.49. The van der Waals surface area contributed by atoms with Crippen LogP contribution in [0.5, 0.6) is 0 Å². The summed E-state index contributed by atoms with van der Waals surface area (Å²) in [6.45, 7) is 3.99. The van der Waals surface area contributed by atoms with Gasteiger partial charge in [0, 0.05) is 13.8 Å². The molecular formula is C22H20ClNO9. The zero-order valence-corrected chi connectivity index (χ0v) is 18.7. The van der Waals surface area contributed by atoms with Crippen LogP contribution in [0.15, 0.2) is 30.4 Å². The Labute approximate surface area is 193 Å². The molecule has 11 heteroatoms. The summed E-state index contributed by atoms with van der Waals surface area (Å²) in [4.78, 5) is 63.3. The van der Waals surface area contributed by atoms with E-state index in [0.717, 1.165) is 18.7 Å². The van der Waals surface area contributed by atoms with Gasteiger partial charge in [-0.2, -0.15) is 0 Å². The Morgan fingerprint density at radius 3 is 2.42 bits per heavy atom. The first-order valence-corrected chi connectivity index (χ1v) is 10.5. The number of hydrogen-bond acceptors (Lipinski definition) is 9. The van der Waals surface area contributed by atoms with Crippen molar-refractivity contribution in [3.63, 3.8) is 0 Å². The number of anilines is 1. The van der Waals surface area contributed by atoms with E-state index in [4.69, 9.17) is 30.5 Å². The van der Waals surface area contributed by atoms with Crippen molar-refractivity contribution in [3.05, 3.63) is 40.9 Å². The van der Waals surface area contributed by atoms with Crippen LogP contribution in [0.25, 0.3) is 0 Å². The number of fused-ring (bicyclic) bond motifs is 5. The van der Waals surface area contributed by atoms with E-state index in [9.17, 15) is 24.0 Å². The molecule has 2 bridgehead atoms. The van der Waals surface area contributed by atoms with Crippen molar-refractivity contribution in [2.45, 2.75) is 38.8 Å². The fourth-order valence-corrected chi connectivity index (χ4v) is 4.68. The number of carbonyl (C=O) groups is 5. The Kier molecular flexibility index (Phi) is 5.75. The van der Waals surface area contributed by atoms with E-state index in [1.165, 1.54) is 24.3 Å². The molecule has 0 unspecified atom stereocenters. The van der Waals surface area contributed by atoms with Crippen molar-refractivity contribution in [3.8, 4) is 0 Å². The third-order valence-corrected chi connectivity index (χ3v) is 6.03. The van der Waals surface area contributed by atoms with Gasteiger partial charge in [0.1, 0.15) is 0 Å². The minimum absolute atomic E-state index is 0.00145. The molecule has 0 spiro atoms. The molecule has 4 atom stereocenters. The molecule has 0 radical (unpaired) electrons. The van der Waals surface area contributed by atoms with Crippen LogP contribution in [0.1, 0.15) is 31.1 Å². The van der Waals surface area contributed by atoms with Crippen LogP contribution < -0.4 is 4.90 Å². The first kappa shape index (κ1) is 22.9. The zero-order valence-electron chi connectivity index (χ0n) is 17.9. The van der Waals surface area contributed by atoms with E-state index in [0.29, 0.717) is 0 Å². The van der Waals surface area contributed by atoms with Gasteiger partial charge in [-0.15, -0.1) is 0 Å². The molecule has 2 saturated heterocycles. The number of ether oxygens (including phenoxy) is 4. The monoisotopic (exact) mass is 477 g/mol. The van der Waals surface area contributed by atoms with Crippen LogP contribution in [-0.2, 0) is 38.1 Å². The normalized spacial score (nSPS) is 27.2. The highest BCUT2D eigenvalue weighted by molar-refractivity contribution is 6.34. The molecule has 33 heavy (non-hydrogen) atoms. The summed E-state index contributed by atoms with van der Waals surface area (Å²) in [6.07, 6.45) is 0.695. The molecule has 3 aliphatic rings. The highest BCUT2D eigenvalue weighted by atomic mass is 35.5. The molecule has 4 rings (SSSR count). The fraction of sp³-hybridized carbons (Fsp3) is 0.409. The number of amides is 2. The van der Waals surface area contributed by atoms with E-state index >= 15 is 0 Å². The first-order chi connectivity index (χ1) is 15.6. The van der Waals surface area contributed by atoms with Gasteiger partial charge in [-0.1, -0.05) is 17.7 Å². The van der Waals surface area contributed by atoms with Gasteiger partial charge in [0.05, 0.1) is 40.8 Å². The van der Waals surface area contributed by atoms with E-state index in [1.54, 1.807) is 13.0 Å². The molecule has 0 saturated carbocycles. The maximum Gasteiger partial charge on any atom is 0.339 e. The van der Waals surface area contributed by atoms with E-state index < -0.39 is 59.6 Å². The number of halogens is 1. The Hall–Kier alpha value is -3.24. The molecule has 0 N–H and O–H groups in total. The molecule has 3 aliphatic heterocycles. The molecule has 3 heterocycles. The number of hydrogen-bond donors (Lipinski definition) is 0. The predicted octanol–water partition coefficient (Wildman–Crippen LogP) is 1.78. The van der Waals surface area contributed by atoms with Gasteiger partial charge in [-0.05, 0) is 31.2 Å². The quantitative estimate of drug-likeness (QED) is 0.261. The summed E-state index contributed by atoms with van der Waals surface area (Å²) in [5.74, 6) is -5.49. The van der Waals surface area contributed by atoms with Gasteiger partial charge in [0.2, 0.25) is 11.8 Å². The standard InChI is InChI=1S/C22H20ClNO9/c1-4-30-20(29)13-9-12(5-6-14(13)23)24-18(27)16-15-7-8-22(33-15,17(16)19(24)28)21(31-10(2)25)32-11(3)26/h5-9,15-17,21H,4H2,1-3H3/t15-,16+,17-,22-/m0/s1. The largest absolute Gasteiger partial charge is 0.462 e. The third kappa shape index (κ3) is 3.59. The van der Waals surface area contributed by atoms with Crippen LogP contribution >= 0.6 is 11.6 Å². The van der Waals surface area contributed by atoms with Crippen LogP contribution in [-0.4, -0.2) is 54.3 Å². The maximum absolute atomic E-state index is 13.5. The second-order valence-electron chi connectivity index (χ2n) is 7.75. The summed E-state index contributed by atoms with van der Waals surface area (Å²) in [5, 5.41) is 0.0998. The Bertz CT molecular complexity index is 1080. The molecular weight excluding hydrogens is 458 g/mol. The summed E-state index contributed by atoms with van der Waals surface area (Å²) < 4.78 is 21.2. The zero-order chi connectivity index (χ0) is 24.1. The average molecular weight is 478 g/mol. The van der Waals surface area contributed by atoms with E-state index in [-0.39, 0.29) is 22.9 Å². The van der Waals surface area contributed by atoms with Gasteiger partial charge in [-0.3, -0.25) is 19.2 Å². The molecule has 2 fully saturated rings. The average Bonchev–Trinajstić information content (AvgIpc) is 3.39. The highest BCUT2D eigenvalue weighted by Gasteiger charge is 2.72. The molecule has 174 valence electrons. The summed E-state index contributed by atoms with van der Waals surface area (Å²) >= 11 is 6.10. The number of benzene rings is 1. The lowest BCUT2D eigenvalue weighted by Crippen LogP contribution is -2.52. The van der Waals surface area contributed by atoms with E-state index in [1.807, 2.05) is 0 Å². The van der Waals surface area contributed by atoms with Gasteiger partial charge in [-0.25, -0.2) is 9.69 Å². The lowest BCUT2D eigenvalue weighted by Gasteiger charge is -2.34. The van der Waals surface area contributed by atoms with Gasteiger partial charge >= 0.3 is 17.9 Å². The van der Waals surface area contributed by atoms with Crippen LogP contribution in [0.2, 0.25) is 5.02 Å². The second-order valence-corrected chi connectivity index (χ2v) is 8.15. The van der Waals surface area contributed by atoms with Crippen molar-refractivity contribution in [2.24, 2.45) is 11.8 Å². The summed E-state index contributed by atoms with van der Waals surface area (Å²) in [5.41, 5.74) is -1.54. The minimum atomic E-state index is -1.66. The lowest BCUT2D eigenvalue weighted by atomic mass is 9.76. The van der Waals surface area contributed by atoms with Crippen molar-refractivity contribution >= 4 is 47.0 Å².